The average molecular weight is 316 g/mol. The summed E-state index contributed by atoms with van der Waals surface area (Å²) in [5.41, 5.74) is 0.306. The van der Waals surface area contributed by atoms with Crippen LogP contribution in [0.5, 0.6) is 5.75 Å². The topological polar surface area (TPSA) is 43.4 Å². The van der Waals surface area contributed by atoms with E-state index in [2.05, 4.69) is 0 Å². The van der Waals surface area contributed by atoms with E-state index in [4.69, 9.17) is 4.18 Å². The maximum Gasteiger partial charge on any atom is 0.339 e. The van der Waals surface area contributed by atoms with Crippen LogP contribution in [0.4, 0.5) is 4.39 Å². The molecule has 22 heavy (non-hydrogen) atoms. The largest absolute Gasteiger partial charge is 0.379 e. The monoisotopic (exact) mass is 316 g/mol. The average Bonchev–Trinajstić information content (AvgIpc) is 2.46. The molecule has 0 amide bonds. The van der Waals surface area contributed by atoms with E-state index >= 15 is 0 Å². The van der Waals surface area contributed by atoms with Crippen molar-refractivity contribution in [2.75, 3.05) is 0 Å². The van der Waals surface area contributed by atoms with Gasteiger partial charge in [0.1, 0.15) is 16.5 Å². The molecule has 3 rings (SSSR count). The maximum atomic E-state index is 13.1. The van der Waals surface area contributed by atoms with Gasteiger partial charge < -0.3 is 4.18 Å². The van der Waals surface area contributed by atoms with E-state index < -0.39 is 15.9 Å². The molecule has 0 heterocycles. The Hall–Kier alpha value is -2.40. The van der Waals surface area contributed by atoms with Gasteiger partial charge in [0.05, 0.1) is 0 Å². The van der Waals surface area contributed by atoms with Crippen LogP contribution in [0.15, 0.2) is 65.6 Å². The van der Waals surface area contributed by atoms with Gasteiger partial charge in [-0.15, -0.1) is 0 Å². The SMILES string of the molecule is Cc1cc(F)ccc1S(=O)(=O)Oc1ccc2ccccc2c1. The van der Waals surface area contributed by atoms with E-state index in [9.17, 15) is 12.8 Å². The highest BCUT2D eigenvalue weighted by Gasteiger charge is 2.19. The smallest absolute Gasteiger partial charge is 0.339 e. The van der Waals surface area contributed by atoms with Crippen LogP contribution in [0, 0.1) is 12.7 Å². The number of fused-ring (bicyclic) bond motifs is 1. The van der Waals surface area contributed by atoms with Crippen LogP contribution in [-0.4, -0.2) is 8.42 Å². The Bertz CT molecular complexity index is 949. The predicted molar refractivity (Wildman–Crippen MR) is 82.9 cm³/mol. The lowest BCUT2D eigenvalue weighted by Crippen LogP contribution is -2.11. The summed E-state index contributed by atoms with van der Waals surface area (Å²) in [5, 5.41) is 1.87. The van der Waals surface area contributed by atoms with E-state index in [0.29, 0.717) is 5.56 Å². The van der Waals surface area contributed by atoms with E-state index in [-0.39, 0.29) is 10.6 Å². The third-order valence-electron chi connectivity index (χ3n) is 3.33. The summed E-state index contributed by atoms with van der Waals surface area (Å²) in [7, 11) is -4.00. The zero-order chi connectivity index (χ0) is 15.7. The lowest BCUT2D eigenvalue weighted by Gasteiger charge is -2.10. The standard InChI is InChI=1S/C17H13FO3S/c1-12-10-15(18)7-9-17(12)22(19,20)21-16-8-6-13-4-2-3-5-14(13)11-16/h2-11H,1H3. The van der Waals surface area contributed by atoms with Crippen molar-refractivity contribution >= 4 is 20.9 Å². The fourth-order valence-corrected chi connectivity index (χ4v) is 3.42. The molecular weight excluding hydrogens is 303 g/mol. The van der Waals surface area contributed by atoms with Crippen LogP contribution in [0.2, 0.25) is 0 Å². The fraction of sp³-hybridized carbons (Fsp3) is 0.0588. The van der Waals surface area contributed by atoms with E-state index in [1.807, 2.05) is 24.3 Å². The van der Waals surface area contributed by atoms with Gasteiger partial charge in [-0.05, 0) is 53.6 Å². The summed E-state index contributed by atoms with van der Waals surface area (Å²) in [6, 6.07) is 16.1. The zero-order valence-corrected chi connectivity index (χ0v) is 12.6. The molecular formula is C17H13FO3S. The Labute approximate surface area is 128 Å². The Morgan fingerprint density at radius 3 is 2.36 bits per heavy atom. The summed E-state index contributed by atoms with van der Waals surface area (Å²) in [5.74, 6) is -0.260. The zero-order valence-electron chi connectivity index (χ0n) is 11.8. The summed E-state index contributed by atoms with van der Waals surface area (Å²) in [4.78, 5) is -0.0398. The summed E-state index contributed by atoms with van der Waals surface area (Å²) in [6.07, 6.45) is 0. The van der Waals surface area contributed by atoms with Crippen molar-refractivity contribution in [1.82, 2.24) is 0 Å². The number of hydrogen-bond donors (Lipinski definition) is 0. The second-order valence-electron chi connectivity index (χ2n) is 4.96. The molecule has 3 aromatic rings. The lowest BCUT2D eigenvalue weighted by atomic mass is 10.1. The predicted octanol–water partition coefficient (Wildman–Crippen LogP) is 4.06. The molecule has 112 valence electrons. The molecule has 0 spiro atoms. The second kappa shape index (κ2) is 5.42. The molecule has 0 atom stereocenters. The van der Waals surface area contributed by atoms with Crippen LogP contribution < -0.4 is 4.18 Å². The molecule has 0 aliphatic carbocycles. The molecule has 3 nitrogen and oxygen atoms in total. The molecule has 0 saturated carbocycles. The van der Waals surface area contributed by atoms with Crippen molar-refractivity contribution in [2.45, 2.75) is 11.8 Å². The number of hydrogen-bond acceptors (Lipinski definition) is 3. The normalized spacial score (nSPS) is 11.5. The van der Waals surface area contributed by atoms with Gasteiger partial charge in [0.25, 0.3) is 0 Å². The molecule has 0 radical (unpaired) electrons. The number of benzene rings is 3. The number of aryl methyl sites for hydroxylation is 1. The molecule has 0 aromatic heterocycles. The molecule has 0 unspecified atom stereocenters. The number of halogens is 1. The van der Waals surface area contributed by atoms with Gasteiger partial charge in [0.2, 0.25) is 0 Å². The third kappa shape index (κ3) is 2.80. The Morgan fingerprint density at radius 1 is 0.909 bits per heavy atom. The molecule has 0 aliphatic heterocycles. The second-order valence-corrected chi connectivity index (χ2v) is 6.47. The van der Waals surface area contributed by atoms with Crippen molar-refractivity contribution in [1.29, 1.82) is 0 Å². The van der Waals surface area contributed by atoms with Gasteiger partial charge in [-0.25, -0.2) is 4.39 Å². The van der Waals surface area contributed by atoms with Gasteiger partial charge in [-0.1, -0.05) is 30.3 Å². The Balaban J connectivity index is 1.99. The highest BCUT2D eigenvalue weighted by atomic mass is 32.2. The summed E-state index contributed by atoms with van der Waals surface area (Å²) >= 11 is 0. The molecule has 0 fully saturated rings. The van der Waals surface area contributed by atoms with Gasteiger partial charge >= 0.3 is 10.1 Å². The summed E-state index contributed by atoms with van der Waals surface area (Å²) < 4.78 is 42.9. The van der Waals surface area contributed by atoms with Crippen LogP contribution in [-0.2, 0) is 10.1 Å². The molecule has 0 saturated heterocycles. The first-order chi connectivity index (χ1) is 10.5. The van der Waals surface area contributed by atoms with E-state index in [1.165, 1.54) is 13.0 Å². The van der Waals surface area contributed by atoms with Gasteiger partial charge in [-0.3, -0.25) is 0 Å². The third-order valence-corrected chi connectivity index (χ3v) is 4.74. The number of rotatable bonds is 3. The first-order valence-electron chi connectivity index (χ1n) is 6.65. The lowest BCUT2D eigenvalue weighted by molar-refractivity contribution is 0.485. The van der Waals surface area contributed by atoms with E-state index in [1.54, 1.807) is 18.2 Å². The van der Waals surface area contributed by atoms with Crippen molar-refractivity contribution in [3.8, 4) is 5.75 Å². The molecule has 0 aliphatic rings. The molecule has 3 aromatic carbocycles. The minimum atomic E-state index is -4.00. The van der Waals surface area contributed by atoms with Gasteiger partial charge in [0.15, 0.2) is 0 Å². The molecule has 0 N–H and O–H groups in total. The van der Waals surface area contributed by atoms with Crippen LogP contribution >= 0.6 is 0 Å². The van der Waals surface area contributed by atoms with Crippen LogP contribution in [0.25, 0.3) is 10.8 Å². The first-order valence-corrected chi connectivity index (χ1v) is 8.06. The fourth-order valence-electron chi connectivity index (χ4n) is 2.28. The van der Waals surface area contributed by atoms with Crippen LogP contribution in [0.3, 0.4) is 0 Å². The minimum Gasteiger partial charge on any atom is -0.379 e. The minimum absolute atomic E-state index is 0.0398. The molecule has 0 bridgehead atoms. The first kappa shape index (κ1) is 14.5. The Morgan fingerprint density at radius 2 is 1.64 bits per heavy atom. The maximum absolute atomic E-state index is 13.1. The Kier molecular flexibility index (Phi) is 3.58. The van der Waals surface area contributed by atoms with Crippen molar-refractivity contribution in [3.63, 3.8) is 0 Å². The van der Waals surface area contributed by atoms with Crippen LogP contribution in [0.1, 0.15) is 5.56 Å². The van der Waals surface area contributed by atoms with Crippen molar-refractivity contribution in [3.05, 3.63) is 72.0 Å². The van der Waals surface area contributed by atoms with E-state index in [0.717, 1.165) is 22.9 Å². The highest BCUT2D eigenvalue weighted by molar-refractivity contribution is 7.87. The van der Waals surface area contributed by atoms with Crippen molar-refractivity contribution in [2.24, 2.45) is 0 Å². The molecule has 5 heteroatoms. The highest BCUT2D eigenvalue weighted by Crippen LogP contribution is 2.25. The van der Waals surface area contributed by atoms with Crippen molar-refractivity contribution < 1.29 is 17.0 Å². The van der Waals surface area contributed by atoms with Gasteiger partial charge in [0, 0.05) is 0 Å². The summed E-state index contributed by atoms with van der Waals surface area (Å²) in [6.45, 7) is 1.53. The quantitative estimate of drug-likeness (QED) is 0.685. The van der Waals surface area contributed by atoms with Gasteiger partial charge in [-0.2, -0.15) is 8.42 Å².